The molecule has 168 valence electrons. The molecular formula is C29H40O2. The minimum Gasteiger partial charge on any atom is -0.396 e. The van der Waals surface area contributed by atoms with E-state index in [0.717, 1.165) is 36.2 Å². The molecule has 4 fully saturated rings. The van der Waals surface area contributed by atoms with E-state index in [9.17, 15) is 5.11 Å². The lowest BCUT2D eigenvalue weighted by atomic mass is 9.44. The summed E-state index contributed by atoms with van der Waals surface area (Å²) in [6.07, 6.45) is 11.7. The first kappa shape index (κ1) is 21.5. The Balaban J connectivity index is 1.31. The van der Waals surface area contributed by atoms with E-state index >= 15 is 0 Å². The number of hydrogen-bond donors (Lipinski definition) is 1. The van der Waals surface area contributed by atoms with Crippen LogP contribution >= 0.6 is 0 Å². The smallest absolute Gasteiger partial charge is 0.0652 e. The molecular weight excluding hydrogens is 380 g/mol. The van der Waals surface area contributed by atoms with Gasteiger partial charge in [-0.25, -0.2) is 0 Å². The molecule has 0 aromatic heterocycles. The van der Waals surface area contributed by atoms with Crippen molar-refractivity contribution in [3.05, 3.63) is 35.4 Å². The fraction of sp³-hybridized carbons (Fsp3) is 0.724. The third-order valence-electron chi connectivity index (χ3n) is 10.4. The Bertz CT molecular complexity index is 848. The molecule has 2 nitrogen and oxygen atoms in total. The van der Waals surface area contributed by atoms with Crippen LogP contribution in [0.1, 0.15) is 75.8 Å². The van der Waals surface area contributed by atoms with E-state index in [1.165, 1.54) is 50.5 Å². The minimum absolute atomic E-state index is 0.0375. The maximum Gasteiger partial charge on any atom is 0.0652 e. The van der Waals surface area contributed by atoms with Gasteiger partial charge in [0, 0.05) is 24.0 Å². The number of rotatable bonds is 2. The van der Waals surface area contributed by atoms with Gasteiger partial charge in [0.05, 0.1) is 12.7 Å². The second-order valence-electron chi connectivity index (χ2n) is 11.5. The zero-order valence-corrected chi connectivity index (χ0v) is 19.7. The summed E-state index contributed by atoms with van der Waals surface area (Å²) in [5.41, 5.74) is 2.96. The van der Waals surface area contributed by atoms with Crippen LogP contribution < -0.4 is 0 Å². The van der Waals surface area contributed by atoms with E-state index < -0.39 is 0 Å². The molecule has 8 atom stereocenters. The standard InChI is InChI=1S/C29H40O2/c1-20-4-6-21(7-5-20)8-9-22-14-16-28(2)23(18-22)10-11-24-25(28)15-17-29(19-30)26(24)12-13-27(29)31-3/h4-7,22-27,30H,10-19H2,1-3H3/t22-,23+,24+,25-,26-,27-,28-,29+/m0/s1. The van der Waals surface area contributed by atoms with E-state index in [-0.39, 0.29) is 11.5 Å². The minimum atomic E-state index is 0.0375. The lowest BCUT2D eigenvalue weighted by Gasteiger charge is -2.61. The first-order valence-electron chi connectivity index (χ1n) is 12.7. The predicted octanol–water partition coefficient (Wildman–Crippen LogP) is 5.99. The lowest BCUT2D eigenvalue weighted by Crippen LogP contribution is -2.55. The molecule has 0 saturated heterocycles. The van der Waals surface area contributed by atoms with Crippen LogP contribution in [0.25, 0.3) is 0 Å². The molecule has 2 heteroatoms. The summed E-state index contributed by atoms with van der Waals surface area (Å²) < 4.78 is 5.90. The molecule has 1 aromatic carbocycles. The zero-order valence-electron chi connectivity index (χ0n) is 19.7. The first-order valence-corrected chi connectivity index (χ1v) is 12.7. The van der Waals surface area contributed by atoms with Crippen LogP contribution in [-0.2, 0) is 4.74 Å². The summed E-state index contributed by atoms with van der Waals surface area (Å²) in [7, 11) is 1.85. The van der Waals surface area contributed by atoms with Crippen LogP contribution in [0.15, 0.2) is 24.3 Å². The van der Waals surface area contributed by atoms with Gasteiger partial charge in [0.2, 0.25) is 0 Å². The highest BCUT2D eigenvalue weighted by Gasteiger charge is 2.61. The molecule has 1 aromatic rings. The van der Waals surface area contributed by atoms with E-state index in [2.05, 4.69) is 50.0 Å². The summed E-state index contributed by atoms with van der Waals surface area (Å²) in [6.45, 7) is 5.06. The molecule has 0 radical (unpaired) electrons. The van der Waals surface area contributed by atoms with Crippen LogP contribution in [0.5, 0.6) is 0 Å². The highest BCUT2D eigenvalue weighted by atomic mass is 16.5. The van der Waals surface area contributed by atoms with Crippen molar-refractivity contribution in [1.82, 2.24) is 0 Å². The Labute approximate surface area is 189 Å². The molecule has 0 aliphatic heterocycles. The Morgan fingerprint density at radius 3 is 2.55 bits per heavy atom. The zero-order chi connectivity index (χ0) is 21.6. The van der Waals surface area contributed by atoms with Crippen molar-refractivity contribution >= 4 is 0 Å². The van der Waals surface area contributed by atoms with Crippen molar-refractivity contribution in [3.8, 4) is 11.8 Å². The second-order valence-corrected chi connectivity index (χ2v) is 11.5. The van der Waals surface area contributed by atoms with E-state index in [0.29, 0.717) is 23.9 Å². The number of ether oxygens (including phenoxy) is 1. The highest BCUT2D eigenvalue weighted by molar-refractivity contribution is 5.36. The number of fused-ring (bicyclic) bond motifs is 5. The van der Waals surface area contributed by atoms with Crippen molar-refractivity contribution in [2.75, 3.05) is 13.7 Å². The van der Waals surface area contributed by atoms with Gasteiger partial charge >= 0.3 is 0 Å². The van der Waals surface area contributed by atoms with Gasteiger partial charge in [-0.2, -0.15) is 0 Å². The summed E-state index contributed by atoms with van der Waals surface area (Å²) in [5.74, 6) is 10.8. The highest BCUT2D eigenvalue weighted by Crippen LogP contribution is 2.66. The normalized spacial score (nSPS) is 43.9. The number of benzene rings is 1. The Hall–Kier alpha value is -1.30. The van der Waals surface area contributed by atoms with Gasteiger partial charge in [0.25, 0.3) is 0 Å². The topological polar surface area (TPSA) is 29.5 Å². The molecule has 1 N–H and O–H groups in total. The molecule has 0 bridgehead atoms. The number of aryl methyl sites for hydroxylation is 1. The van der Waals surface area contributed by atoms with Crippen molar-refractivity contribution in [1.29, 1.82) is 0 Å². The monoisotopic (exact) mass is 420 g/mol. The fourth-order valence-corrected chi connectivity index (χ4v) is 8.62. The van der Waals surface area contributed by atoms with Crippen molar-refractivity contribution in [3.63, 3.8) is 0 Å². The van der Waals surface area contributed by atoms with Crippen LogP contribution in [-0.4, -0.2) is 24.9 Å². The lowest BCUT2D eigenvalue weighted by molar-refractivity contribution is -0.147. The van der Waals surface area contributed by atoms with Gasteiger partial charge in [-0.1, -0.05) is 36.5 Å². The molecule has 4 aliphatic carbocycles. The average Bonchev–Trinajstić information content (AvgIpc) is 3.18. The van der Waals surface area contributed by atoms with Crippen molar-refractivity contribution in [2.45, 2.75) is 77.7 Å². The SMILES string of the molecule is CO[C@H]1CC[C@H]2[C@@H]3CC[C@@H]4C[C@@H](C#Cc5ccc(C)cc5)CC[C@]4(C)[C@H]3CC[C@]12CO. The molecule has 4 aliphatic rings. The predicted molar refractivity (Wildman–Crippen MR) is 125 cm³/mol. The summed E-state index contributed by atoms with van der Waals surface area (Å²) >= 11 is 0. The van der Waals surface area contributed by atoms with E-state index in [1.54, 1.807) is 0 Å². The first-order chi connectivity index (χ1) is 15.0. The number of aliphatic hydroxyl groups excluding tert-OH is 1. The fourth-order valence-electron chi connectivity index (χ4n) is 8.62. The Morgan fingerprint density at radius 1 is 1.00 bits per heavy atom. The molecule has 0 heterocycles. The molecule has 4 saturated carbocycles. The molecule has 0 amide bonds. The van der Waals surface area contributed by atoms with Crippen LogP contribution in [0.4, 0.5) is 0 Å². The average molecular weight is 421 g/mol. The van der Waals surface area contributed by atoms with E-state index in [4.69, 9.17) is 4.74 Å². The molecule has 5 rings (SSSR count). The van der Waals surface area contributed by atoms with Crippen molar-refractivity contribution in [2.24, 2.45) is 40.4 Å². The number of aliphatic hydroxyl groups is 1. The van der Waals surface area contributed by atoms with Gasteiger partial charge in [0.1, 0.15) is 0 Å². The quantitative estimate of drug-likeness (QED) is 0.595. The summed E-state index contributed by atoms with van der Waals surface area (Å²) in [4.78, 5) is 0. The van der Waals surface area contributed by atoms with Gasteiger partial charge < -0.3 is 9.84 Å². The summed E-state index contributed by atoms with van der Waals surface area (Å²) in [5, 5.41) is 10.4. The molecule has 31 heavy (non-hydrogen) atoms. The van der Waals surface area contributed by atoms with Gasteiger partial charge in [-0.15, -0.1) is 0 Å². The van der Waals surface area contributed by atoms with Crippen molar-refractivity contribution < 1.29 is 9.84 Å². The third kappa shape index (κ3) is 3.48. The largest absolute Gasteiger partial charge is 0.396 e. The van der Waals surface area contributed by atoms with E-state index in [1.807, 2.05) is 7.11 Å². The Kier molecular flexibility index (Phi) is 5.72. The van der Waals surface area contributed by atoms with Crippen LogP contribution in [0, 0.1) is 59.2 Å². The number of hydrogen-bond acceptors (Lipinski definition) is 2. The molecule has 0 unspecified atom stereocenters. The third-order valence-corrected chi connectivity index (χ3v) is 10.4. The maximum atomic E-state index is 10.4. The van der Waals surface area contributed by atoms with Crippen LogP contribution in [0.3, 0.4) is 0 Å². The van der Waals surface area contributed by atoms with Gasteiger partial charge in [-0.3, -0.25) is 0 Å². The van der Waals surface area contributed by atoms with Gasteiger partial charge in [0.15, 0.2) is 0 Å². The van der Waals surface area contributed by atoms with Gasteiger partial charge in [-0.05, 0) is 106 Å². The summed E-state index contributed by atoms with van der Waals surface area (Å²) in [6, 6.07) is 8.64. The van der Waals surface area contributed by atoms with Crippen LogP contribution in [0.2, 0.25) is 0 Å². The maximum absolute atomic E-state index is 10.4. The molecule has 0 spiro atoms. The Morgan fingerprint density at radius 2 is 1.81 bits per heavy atom. The second kappa shape index (κ2) is 8.24. The number of methoxy groups -OCH3 is 1.